The number of carbonyl (C=O) groups excluding carboxylic acids is 1. The summed E-state index contributed by atoms with van der Waals surface area (Å²) in [5.41, 5.74) is 4.18. The molecule has 2 aromatic heterocycles. The van der Waals surface area contributed by atoms with Crippen molar-refractivity contribution in [2.24, 2.45) is 0 Å². The molecule has 5 heteroatoms. The van der Waals surface area contributed by atoms with Gasteiger partial charge in [0.25, 0.3) is 0 Å². The lowest BCUT2D eigenvalue weighted by molar-refractivity contribution is -0.116. The number of nitrogens with zero attached hydrogens (tertiary/aromatic N) is 3. The Morgan fingerprint density at radius 3 is 2.07 bits per heavy atom. The molecule has 0 N–H and O–H groups in total. The molecule has 2 heterocycles. The number of rotatable bonds is 21. The summed E-state index contributed by atoms with van der Waals surface area (Å²) in [4.78, 5) is 19.1. The van der Waals surface area contributed by atoms with Crippen molar-refractivity contribution in [3.05, 3.63) is 96.1 Å². The first-order valence-corrected chi connectivity index (χ1v) is 17.1. The van der Waals surface area contributed by atoms with Crippen LogP contribution in [0.3, 0.4) is 0 Å². The standard InChI is InChI=1S/C39H53N3O2/c1-3-4-5-6-7-8-9-10-11-12-13-14-15-18-28-44-38-25-23-34(24-26-38)32-42(33(2)43)36-22-19-20-35(29-36)30-39-40-31-37-21-16-17-27-41(37)39/h16-17,19-27,29,31H,3-15,18,28,30,32H2,1-2H3. The van der Waals surface area contributed by atoms with Crippen molar-refractivity contribution in [3.8, 4) is 5.75 Å². The molecule has 0 aliphatic carbocycles. The molecule has 0 saturated heterocycles. The zero-order valence-electron chi connectivity index (χ0n) is 27.2. The zero-order valence-corrected chi connectivity index (χ0v) is 27.2. The van der Waals surface area contributed by atoms with E-state index in [4.69, 9.17) is 4.74 Å². The fraction of sp³-hybridized carbons (Fsp3) is 0.487. The number of imidazole rings is 1. The number of pyridine rings is 1. The second kappa shape index (κ2) is 18.9. The number of aromatic nitrogens is 2. The lowest BCUT2D eigenvalue weighted by Crippen LogP contribution is -2.27. The summed E-state index contributed by atoms with van der Waals surface area (Å²) in [5.74, 6) is 1.90. The van der Waals surface area contributed by atoms with Gasteiger partial charge in [0, 0.05) is 25.2 Å². The summed E-state index contributed by atoms with van der Waals surface area (Å²) in [6, 6.07) is 22.5. The van der Waals surface area contributed by atoms with E-state index in [0.717, 1.165) is 46.9 Å². The average Bonchev–Trinajstić information content (AvgIpc) is 3.45. The summed E-state index contributed by atoms with van der Waals surface area (Å²) in [6.45, 7) is 5.19. The number of fused-ring (bicyclic) bond motifs is 1. The van der Waals surface area contributed by atoms with E-state index in [9.17, 15) is 4.79 Å². The van der Waals surface area contributed by atoms with E-state index in [1.54, 1.807) is 6.92 Å². The van der Waals surface area contributed by atoms with Crippen molar-refractivity contribution in [2.45, 2.75) is 117 Å². The number of anilines is 1. The van der Waals surface area contributed by atoms with Gasteiger partial charge >= 0.3 is 0 Å². The highest BCUT2D eigenvalue weighted by Crippen LogP contribution is 2.23. The second-order valence-corrected chi connectivity index (χ2v) is 12.2. The lowest BCUT2D eigenvalue weighted by Gasteiger charge is -2.22. The van der Waals surface area contributed by atoms with Crippen LogP contribution in [0.2, 0.25) is 0 Å². The van der Waals surface area contributed by atoms with E-state index >= 15 is 0 Å². The van der Waals surface area contributed by atoms with Gasteiger partial charge in [0.1, 0.15) is 11.6 Å². The second-order valence-electron chi connectivity index (χ2n) is 12.2. The molecular weight excluding hydrogens is 542 g/mol. The van der Waals surface area contributed by atoms with Crippen molar-refractivity contribution in [1.82, 2.24) is 9.38 Å². The first-order valence-electron chi connectivity index (χ1n) is 17.1. The highest BCUT2D eigenvalue weighted by Gasteiger charge is 2.14. The van der Waals surface area contributed by atoms with Gasteiger partial charge in [-0.05, 0) is 53.9 Å². The predicted molar refractivity (Wildman–Crippen MR) is 184 cm³/mol. The molecule has 0 radical (unpaired) electrons. The van der Waals surface area contributed by atoms with Crippen LogP contribution in [0.1, 0.15) is 121 Å². The van der Waals surface area contributed by atoms with Crippen LogP contribution in [-0.4, -0.2) is 21.9 Å². The molecule has 4 rings (SSSR count). The van der Waals surface area contributed by atoms with Gasteiger partial charge in [-0.1, -0.05) is 121 Å². The van der Waals surface area contributed by atoms with Gasteiger partial charge in [0.15, 0.2) is 0 Å². The molecule has 0 aliphatic rings. The molecule has 0 unspecified atom stereocenters. The minimum absolute atomic E-state index is 0.0199. The quantitative estimate of drug-likeness (QED) is 0.0900. The number of amides is 1. The number of unbranched alkanes of at least 4 members (excludes halogenated alkanes) is 13. The Morgan fingerprint density at radius 1 is 0.750 bits per heavy atom. The van der Waals surface area contributed by atoms with Crippen molar-refractivity contribution in [1.29, 1.82) is 0 Å². The number of benzene rings is 2. The average molecular weight is 596 g/mol. The monoisotopic (exact) mass is 595 g/mol. The van der Waals surface area contributed by atoms with Crippen LogP contribution in [0.15, 0.2) is 79.1 Å². The Hall–Kier alpha value is -3.60. The van der Waals surface area contributed by atoms with Gasteiger partial charge in [0.05, 0.1) is 24.9 Å². The van der Waals surface area contributed by atoms with E-state index < -0.39 is 0 Å². The molecule has 0 spiro atoms. The highest BCUT2D eigenvalue weighted by atomic mass is 16.5. The van der Waals surface area contributed by atoms with Crippen LogP contribution >= 0.6 is 0 Å². The normalized spacial score (nSPS) is 11.2. The third kappa shape index (κ3) is 11.2. The summed E-state index contributed by atoms with van der Waals surface area (Å²) in [7, 11) is 0. The Bertz CT molecular complexity index is 1380. The number of hydrogen-bond donors (Lipinski definition) is 0. The van der Waals surface area contributed by atoms with Crippen LogP contribution in [-0.2, 0) is 17.8 Å². The lowest BCUT2D eigenvalue weighted by atomic mass is 10.0. The molecule has 0 saturated carbocycles. The fourth-order valence-corrected chi connectivity index (χ4v) is 5.89. The molecule has 44 heavy (non-hydrogen) atoms. The summed E-state index contributed by atoms with van der Waals surface area (Å²) >= 11 is 0. The van der Waals surface area contributed by atoms with Gasteiger partial charge in [0.2, 0.25) is 5.91 Å². The van der Waals surface area contributed by atoms with E-state index in [1.165, 1.54) is 83.5 Å². The smallest absolute Gasteiger partial charge is 0.224 e. The molecule has 1 amide bonds. The minimum Gasteiger partial charge on any atom is -0.494 e. The van der Waals surface area contributed by atoms with Crippen LogP contribution in [0.4, 0.5) is 5.69 Å². The summed E-state index contributed by atoms with van der Waals surface area (Å²) in [6.07, 6.45) is 23.7. The number of hydrogen-bond acceptors (Lipinski definition) is 3. The predicted octanol–water partition coefficient (Wildman–Crippen LogP) is 10.3. The molecule has 5 nitrogen and oxygen atoms in total. The van der Waals surface area contributed by atoms with Gasteiger partial charge in [-0.25, -0.2) is 4.98 Å². The molecule has 4 aromatic rings. The maximum Gasteiger partial charge on any atom is 0.224 e. The van der Waals surface area contributed by atoms with E-state index in [-0.39, 0.29) is 5.91 Å². The first kappa shape index (κ1) is 33.3. The molecule has 2 aromatic carbocycles. The topological polar surface area (TPSA) is 46.8 Å². The Balaban J connectivity index is 1.13. The van der Waals surface area contributed by atoms with Crippen molar-refractivity contribution in [3.63, 3.8) is 0 Å². The van der Waals surface area contributed by atoms with E-state index in [2.05, 4.69) is 46.6 Å². The van der Waals surface area contributed by atoms with Crippen molar-refractivity contribution >= 4 is 17.1 Å². The maximum atomic E-state index is 12.7. The molecule has 0 atom stereocenters. The first-order chi connectivity index (χ1) is 21.6. The highest BCUT2D eigenvalue weighted by molar-refractivity contribution is 5.91. The van der Waals surface area contributed by atoms with Crippen LogP contribution < -0.4 is 9.64 Å². The van der Waals surface area contributed by atoms with Crippen LogP contribution in [0.25, 0.3) is 5.52 Å². The zero-order chi connectivity index (χ0) is 30.8. The van der Waals surface area contributed by atoms with Crippen molar-refractivity contribution < 1.29 is 9.53 Å². The minimum atomic E-state index is 0.0199. The van der Waals surface area contributed by atoms with Gasteiger partial charge < -0.3 is 14.0 Å². The molecular formula is C39H53N3O2. The van der Waals surface area contributed by atoms with Gasteiger partial charge in [-0.2, -0.15) is 0 Å². The maximum absolute atomic E-state index is 12.7. The summed E-state index contributed by atoms with van der Waals surface area (Å²) in [5, 5.41) is 0. The Morgan fingerprint density at radius 2 is 1.41 bits per heavy atom. The fourth-order valence-electron chi connectivity index (χ4n) is 5.89. The molecule has 0 fully saturated rings. The molecule has 0 aliphatic heterocycles. The van der Waals surface area contributed by atoms with Gasteiger partial charge in [-0.3, -0.25) is 4.79 Å². The summed E-state index contributed by atoms with van der Waals surface area (Å²) < 4.78 is 8.12. The van der Waals surface area contributed by atoms with E-state index in [1.807, 2.05) is 53.7 Å². The number of carbonyl (C=O) groups is 1. The largest absolute Gasteiger partial charge is 0.494 e. The Kier molecular flexibility index (Phi) is 14.3. The van der Waals surface area contributed by atoms with Crippen LogP contribution in [0.5, 0.6) is 5.75 Å². The third-order valence-corrected chi connectivity index (χ3v) is 8.51. The molecule has 0 bridgehead atoms. The third-order valence-electron chi connectivity index (χ3n) is 8.51. The Labute approximate surface area is 265 Å². The van der Waals surface area contributed by atoms with E-state index in [0.29, 0.717) is 13.0 Å². The number of ether oxygens (including phenoxy) is 1. The van der Waals surface area contributed by atoms with Crippen LogP contribution in [0, 0.1) is 0 Å². The SMILES string of the molecule is CCCCCCCCCCCCCCCCOc1ccc(CN(C(C)=O)c2cccc(Cc3ncc4ccccn34)c2)cc1. The van der Waals surface area contributed by atoms with Gasteiger partial charge in [-0.15, -0.1) is 0 Å². The molecule has 236 valence electrons. The van der Waals surface area contributed by atoms with Crippen molar-refractivity contribution in [2.75, 3.05) is 11.5 Å².